The lowest BCUT2D eigenvalue weighted by atomic mass is 9.84. The van der Waals surface area contributed by atoms with Gasteiger partial charge in [0.2, 0.25) is 11.8 Å². The molecule has 1 aromatic carbocycles. The standard InChI is InChI=1S/C24H32ClN3O5/c25-19-8-4-7-17(11-19)15-33-24(32)28-21(12-16-5-2-1-3-6-16)23(31)27-20(14-29)13-18-9-10-26-22(18)30/h4,7-8,11,14,16,18,20-21H,1-3,5-6,9-10,12-13,15H2,(H,26,30)(H,27,31)(H,28,32)/t18?,20-,21-/m0/s1. The predicted molar refractivity (Wildman–Crippen MR) is 123 cm³/mol. The quantitative estimate of drug-likeness (QED) is 0.448. The number of hydrogen-bond donors (Lipinski definition) is 3. The minimum Gasteiger partial charge on any atom is -0.445 e. The van der Waals surface area contributed by atoms with Gasteiger partial charge in [-0.15, -0.1) is 0 Å². The van der Waals surface area contributed by atoms with Crippen molar-refractivity contribution in [2.45, 2.75) is 70.1 Å². The van der Waals surface area contributed by atoms with Crippen molar-refractivity contribution < 1.29 is 23.9 Å². The summed E-state index contributed by atoms with van der Waals surface area (Å²) in [5, 5.41) is 8.68. The summed E-state index contributed by atoms with van der Waals surface area (Å²) in [5.74, 6) is -0.515. The van der Waals surface area contributed by atoms with E-state index in [1.54, 1.807) is 24.3 Å². The summed E-state index contributed by atoms with van der Waals surface area (Å²) < 4.78 is 5.29. The summed E-state index contributed by atoms with van der Waals surface area (Å²) >= 11 is 5.96. The number of carbonyl (C=O) groups excluding carboxylic acids is 4. The Morgan fingerprint density at radius 1 is 1.15 bits per heavy atom. The van der Waals surface area contributed by atoms with Crippen molar-refractivity contribution in [2.24, 2.45) is 11.8 Å². The van der Waals surface area contributed by atoms with Crippen LogP contribution in [-0.4, -0.2) is 42.8 Å². The fourth-order valence-corrected chi connectivity index (χ4v) is 4.77. The number of hydrogen-bond acceptors (Lipinski definition) is 5. The van der Waals surface area contributed by atoms with E-state index in [2.05, 4.69) is 16.0 Å². The topological polar surface area (TPSA) is 114 Å². The molecular weight excluding hydrogens is 446 g/mol. The van der Waals surface area contributed by atoms with E-state index in [1.807, 2.05) is 0 Å². The minimum atomic E-state index is -0.820. The molecule has 33 heavy (non-hydrogen) atoms. The smallest absolute Gasteiger partial charge is 0.408 e. The molecule has 1 aliphatic carbocycles. The Kier molecular flexibility index (Phi) is 9.54. The van der Waals surface area contributed by atoms with E-state index in [4.69, 9.17) is 16.3 Å². The number of benzene rings is 1. The molecule has 8 nitrogen and oxygen atoms in total. The Labute approximate surface area is 199 Å². The number of alkyl carbamates (subject to hydrolysis) is 1. The molecule has 0 aromatic heterocycles. The van der Waals surface area contributed by atoms with Crippen molar-refractivity contribution in [1.82, 2.24) is 16.0 Å². The Morgan fingerprint density at radius 3 is 2.61 bits per heavy atom. The van der Waals surface area contributed by atoms with E-state index in [1.165, 1.54) is 6.42 Å². The lowest BCUT2D eigenvalue weighted by molar-refractivity contribution is -0.127. The molecule has 0 spiro atoms. The van der Waals surface area contributed by atoms with Gasteiger partial charge in [-0.1, -0.05) is 55.8 Å². The van der Waals surface area contributed by atoms with Crippen LogP contribution in [0.5, 0.6) is 0 Å². The zero-order chi connectivity index (χ0) is 23.6. The average molecular weight is 478 g/mol. The van der Waals surface area contributed by atoms with Crippen LogP contribution in [0.4, 0.5) is 4.79 Å². The molecule has 3 N–H and O–H groups in total. The molecule has 3 atom stereocenters. The first kappa shape index (κ1) is 25.0. The molecule has 1 unspecified atom stereocenters. The largest absolute Gasteiger partial charge is 0.445 e. The number of carbonyl (C=O) groups is 4. The minimum absolute atomic E-state index is 0.0257. The molecular formula is C24H32ClN3O5. The lowest BCUT2D eigenvalue weighted by Gasteiger charge is -2.27. The monoisotopic (exact) mass is 477 g/mol. The van der Waals surface area contributed by atoms with Crippen LogP contribution in [0.15, 0.2) is 24.3 Å². The first-order valence-corrected chi connectivity index (χ1v) is 12.0. The van der Waals surface area contributed by atoms with Gasteiger partial charge in [0.05, 0.1) is 6.04 Å². The molecule has 2 aliphatic rings. The zero-order valence-electron chi connectivity index (χ0n) is 18.7. The van der Waals surface area contributed by atoms with E-state index in [0.29, 0.717) is 36.6 Å². The van der Waals surface area contributed by atoms with Crippen LogP contribution in [0.25, 0.3) is 0 Å². The van der Waals surface area contributed by atoms with Crippen LogP contribution < -0.4 is 16.0 Å². The molecule has 1 saturated heterocycles. The molecule has 2 fully saturated rings. The van der Waals surface area contributed by atoms with Crippen molar-refractivity contribution in [1.29, 1.82) is 0 Å². The Hall–Kier alpha value is -2.61. The molecule has 1 saturated carbocycles. The maximum Gasteiger partial charge on any atom is 0.408 e. The maximum absolute atomic E-state index is 13.0. The van der Waals surface area contributed by atoms with Crippen molar-refractivity contribution in [2.75, 3.05) is 6.54 Å². The summed E-state index contributed by atoms with van der Waals surface area (Å²) in [6, 6.07) is 5.38. The summed E-state index contributed by atoms with van der Waals surface area (Å²) in [6.45, 7) is 0.602. The molecule has 1 aromatic rings. The van der Waals surface area contributed by atoms with Crippen molar-refractivity contribution >= 4 is 35.8 Å². The molecule has 3 amide bonds. The molecule has 1 aliphatic heterocycles. The van der Waals surface area contributed by atoms with Gasteiger partial charge in [-0.3, -0.25) is 9.59 Å². The summed E-state index contributed by atoms with van der Waals surface area (Å²) in [5.41, 5.74) is 0.738. The van der Waals surface area contributed by atoms with E-state index in [0.717, 1.165) is 31.2 Å². The normalized spacial score (nSPS) is 20.4. The van der Waals surface area contributed by atoms with Gasteiger partial charge >= 0.3 is 6.09 Å². The van der Waals surface area contributed by atoms with Crippen molar-refractivity contribution in [3.63, 3.8) is 0 Å². The Bertz CT molecular complexity index is 843. The summed E-state index contributed by atoms with van der Waals surface area (Å²) in [4.78, 5) is 48.9. The second kappa shape index (κ2) is 12.6. The summed E-state index contributed by atoms with van der Waals surface area (Å²) in [7, 11) is 0. The third-order valence-corrected chi connectivity index (χ3v) is 6.59. The van der Waals surface area contributed by atoms with Gasteiger partial charge < -0.3 is 25.5 Å². The summed E-state index contributed by atoms with van der Waals surface area (Å²) in [6.07, 6.45) is 6.70. The van der Waals surface area contributed by atoms with Gasteiger partial charge in [-0.2, -0.15) is 0 Å². The number of ether oxygens (including phenoxy) is 1. The Balaban J connectivity index is 1.59. The highest BCUT2D eigenvalue weighted by atomic mass is 35.5. The molecule has 0 bridgehead atoms. The highest BCUT2D eigenvalue weighted by Crippen LogP contribution is 2.27. The number of halogens is 1. The van der Waals surface area contributed by atoms with Crippen LogP contribution in [0, 0.1) is 11.8 Å². The molecule has 1 heterocycles. The zero-order valence-corrected chi connectivity index (χ0v) is 19.4. The van der Waals surface area contributed by atoms with Gasteiger partial charge in [0.25, 0.3) is 0 Å². The second-order valence-electron chi connectivity index (χ2n) is 8.91. The second-order valence-corrected chi connectivity index (χ2v) is 9.34. The first-order chi connectivity index (χ1) is 15.9. The average Bonchev–Trinajstić information content (AvgIpc) is 3.21. The van der Waals surface area contributed by atoms with Crippen molar-refractivity contribution in [3.05, 3.63) is 34.9 Å². The lowest BCUT2D eigenvalue weighted by Crippen LogP contribution is -2.51. The SMILES string of the molecule is O=C[C@H](CC1CCNC1=O)NC(=O)[C@H](CC1CCCCC1)NC(=O)OCc1cccc(Cl)c1. The van der Waals surface area contributed by atoms with Gasteiger partial charge in [-0.25, -0.2) is 4.79 Å². The van der Waals surface area contributed by atoms with Gasteiger partial charge in [0, 0.05) is 17.5 Å². The van der Waals surface area contributed by atoms with Crippen LogP contribution in [0.1, 0.15) is 56.9 Å². The number of amides is 3. The number of aldehydes is 1. The molecule has 180 valence electrons. The van der Waals surface area contributed by atoms with Crippen LogP contribution in [0.2, 0.25) is 5.02 Å². The maximum atomic E-state index is 13.0. The van der Waals surface area contributed by atoms with Crippen LogP contribution in [0.3, 0.4) is 0 Å². The van der Waals surface area contributed by atoms with E-state index >= 15 is 0 Å². The third-order valence-electron chi connectivity index (χ3n) is 6.35. The number of nitrogens with one attached hydrogen (secondary N) is 3. The highest BCUT2D eigenvalue weighted by molar-refractivity contribution is 6.30. The first-order valence-electron chi connectivity index (χ1n) is 11.7. The van der Waals surface area contributed by atoms with Crippen LogP contribution in [-0.2, 0) is 25.7 Å². The molecule has 3 rings (SSSR count). The van der Waals surface area contributed by atoms with Gasteiger partial charge in [-0.05, 0) is 42.9 Å². The fourth-order valence-electron chi connectivity index (χ4n) is 4.56. The fraction of sp³-hybridized carbons (Fsp3) is 0.583. The molecule has 0 radical (unpaired) electrons. The van der Waals surface area contributed by atoms with E-state index in [9.17, 15) is 19.2 Å². The highest BCUT2D eigenvalue weighted by Gasteiger charge is 2.31. The third kappa shape index (κ3) is 8.03. The van der Waals surface area contributed by atoms with E-state index < -0.39 is 24.1 Å². The van der Waals surface area contributed by atoms with E-state index in [-0.39, 0.29) is 24.9 Å². The van der Waals surface area contributed by atoms with Gasteiger partial charge in [0.15, 0.2) is 0 Å². The molecule has 9 heteroatoms. The Morgan fingerprint density at radius 2 is 1.94 bits per heavy atom. The van der Waals surface area contributed by atoms with Crippen molar-refractivity contribution in [3.8, 4) is 0 Å². The predicted octanol–water partition coefficient (Wildman–Crippen LogP) is 3.12. The van der Waals surface area contributed by atoms with Gasteiger partial charge in [0.1, 0.15) is 18.9 Å². The number of rotatable bonds is 10. The van der Waals surface area contributed by atoms with Crippen LogP contribution >= 0.6 is 11.6 Å².